The summed E-state index contributed by atoms with van der Waals surface area (Å²) in [5, 5.41) is 9.73. The van der Waals surface area contributed by atoms with E-state index < -0.39 is 5.97 Å². The smallest absolute Gasteiger partial charge is 0.359 e. The van der Waals surface area contributed by atoms with Crippen LogP contribution in [0, 0.1) is 6.92 Å². The van der Waals surface area contributed by atoms with Crippen LogP contribution >= 0.6 is 23.2 Å². The lowest BCUT2D eigenvalue weighted by atomic mass is 10.0. The number of hydrogen-bond donors (Lipinski definition) is 0. The van der Waals surface area contributed by atoms with E-state index in [0.717, 1.165) is 11.1 Å². The van der Waals surface area contributed by atoms with Crippen LogP contribution in [0.25, 0.3) is 16.9 Å². The zero-order valence-electron chi connectivity index (χ0n) is 16.9. The van der Waals surface area contributed by atoms with Crippen LogP contribution < -0.4 is 0 Å². The van der Waals surface area contributed by atoms with E-state index in [0.29, 0.717) is 27.0 Å². The highest BCUT2D eigenvalue weighted by atomic mass is 35.5. The van der Waals surface area contributed by atoms with Gasteiger partial charge >= 0.3 is 5.97 Å². The van der Waals surface area contributed by atoms with Crippen molar-refractivity contribution in [2.75, 3.05) is 6.61 Å². The number of halogens is 2. The van der Waals surface area contributed by atoms with Crippen LogP contribution in [0.1, 0.15) is 28.5 Å². The van der Waals surface area contributed by atoms with Crippen molar-refractivity contribution >= 4 is 29.2 Å². The number of carbonyl (C=O) groups excluding carboxylic acids is 1. The number of aromatic nitrogens is 5. The van der Waals surface area contributed by atoms with Crippen LogP contribution in [0.3, 0.4) is 0 Å². The van der Waals surface area contributed by atoms with Gasteiger partial charge in [-0.05, 0) is 32.0 Å². The van der Waals surface area contributed by atoms with E-state index in [1.165, 1.54) is 6.33 Å². The molecule has 7 nitrogen and oxygen atoms in total. The zero-order chi connectivity index (χ0) is 22.0. The molecular weight excluding hydrogens is 437 g/mol. The average molecular weight is 456 g/mol. The third kappa shape index (κ3) is 4.33. The molecule has 2 heterocycles. The normalized spacial score (nSPS) is 11.0. The van der Waals surface area contributed by atoms with Crippen LogP contribution in [0.15, 0.2) is 55.1 Å². The minimum Gasteiger partial charge on any atom is -0.461 e. The molecule has 158 valence electrons. The first-order valence-electron chi connectivity index (χ1n) is 9.61. The van der Waals surface area contributed by atoms with Crippen LogP contribution in [-0.2, 0) is 11.3 Å². The third-order valence-electron chi connectivity index (χ3n) is 4.70. The van der Waals surface area contributed by atoms with Gasteiger partial charge in [0.2, 0.25) is 0 Å². The van der Waals surface area contributed by atoms with Gasteiger partial charge in [0, 0.05) is 16.1 Å². The molecule has 0 aliphatic heterocycles. The summed E-state index contributed by atoms with van der Waals surface area (Å²) >= 11 is 12.6. The zero-order valence-corrected chi connectivity index (χ0v) is 18.4. The molecule has 0 N–H and O–H groups in total. The second-order valence-corrected chi connectivity index (χ2v) is 7.71. The average Bonchev–Trinajstić information content (AvgIpc) is 3.38. The Morgan fingerprint density at radius 2 is 1.90 bits per heavy atom. The number of carbonyl (C=O) groups is 1. The minimum absolute atomic E-state index is 0.193. The molecule has 0 amide bonds. The second-order valence-electron chi connectivity index (χ2n) is 6.86. The first kappa shape index (κ1) is 21.1. The van der Waals surface area contributed by atoms with Gasteiger partial charge in [0.05, 0.1) is 29.6 Å². The summed E-state index contributed by atoms with van der Waals surface area (Å²) in [5.41, 5.74) is 4.13. The Hall–Kier alpha value is -3.16. The van der Waals surface area contributed by atoms with Gasteiger partial charge < -0.3 is 4.74 Å². The van der Waals surface area contributed by atoms with E-state index in [4.69, 9.17) is 27.9 Å². The summed E-state index contributed by atoms with van der Waals surface area (Å²) in [6, 6.07) is 13.1. The van der Waals surface area contributed by atoms with E-state index >= 15 is 0 Å². The quantitative estimate of drug-likeness (QED) is 0.383. The molecule has 0 saturated carbocycles. The van der Waals surface area contributed by atoms with Gasteiger partial charge in [-0.15, -0.1) is 0 Å². The van der Waals surface area contributed by atoms with Crippen molar-refractivity contribution in [3.05, 3.63) is 82.0 Å². The molecule has 0 radical (unpaired) electrons. The SMILES string of the molecule is CCOC(=O)c1nn(-c2ccc(Cl)cc2Cl)c(-c2ccc(C)cc2)c1Cn1cncn1. The maximum atomic E-state index is 12.8. The van der Waals surface area contributed by atoms with Crippen molar-refractivity contribution < 1.29 is 9.53 Å². The number of rotatable bonds is 6. The Balaban J connectivity index is 2.00. The largest absolute Gasteiger partial charge is 0.461 e. The summed E-state index contributed by atoms with van der Waals surface area (Å²) in [6.45, 7) is 4.28. The Labute approximate surface area is 189 Å². The highest BCUT2D eigenvalue weighted by Crippen LogP contribution is 2.34. The molecule has 0 spiro atoms. The third-order valence-corrected chi connectivity index (χ3v) is 5.24. The molecule has 0 saturated heterocycles. The number of benzene rings is 2. The maximum Gasteiger partial charge on any atom is 0.359 e. The van der Waals surface area contributed by atoms with E-state index in [1.54, 1.807) is 40.8 Å². The highest BCUT2D eigenvalue weighted by Gasteiger charge is 2.27. The number of nitrogens with zero attached hydrogens (tertiary/aromatic N) is 5. The van der Waals surface area contributed by atoms with Crippen molar-refractivity contribution in [3.8, 4) is 16.9 Å². The van der Waals surface area contributed by atoms with E-state index in [-0.39, 0.29) is 18.8 Å². The number of hydrogen-bond acceptors (Lipinski definition) is 5. The number of ether oxygens (including phenoxy) is 1. The van der Waals surface area contributed by atoms with Crippen molar-refractivity contribution in [3.63, 3.8) is 0 Å². The van der Waals surface area contributed by atoms with Crippen LogP contribution in [0.4, 0.5) is 0 Å². The standard InChI is InChI=1S/C22H19Cl2N5O2/c1-3-31-22(30)20-17(11-28-13-25-12-26-28)21(15-6-4-14(2)5-7-15)29(27-20)19-9-8-16(23)10-18(19)24/h4-10,12-13H,3,11H2,1-2H3. The van der Waals surface area contributed by atoms with Crippen molar-refractivity contribution in [1.82, 2.24) is 24.5 Å². The Kier molecular flexibility index (Phi) is 6.06. The van der Waals surface area contributed by atoms with Gasteiger partial charge in [-0.2, -0.15) is 10.2 Å². The fourth-order valence-electron chi connectivity index (χ4n) is 3.28. The molecule has 0 fully saturated rings. The Morgan fingerprint density at radius 3 is 2.55 bits per heavy atom. The maximum absolute atomic E-state index is 12.8. The lowest BCUT2D eigenvalue weighted by molar-refractivity contribution is 0.0517. The van der Waals surface area contributed by atoms with Crippen LogP contribution in [0.5, 0.6) is 0 Å². The van der Waals surface area contributed by atoms with Gasteiger partial charge in [0.25, 0.3) is 0 Å². The molecular formula is C22H19Cl2N5O2. The molecule has 0 unspecified atom stereocenters. The number of esters is 1. The van der Waals surface area contributed by atoms with E-state index in [9.17, 15) is 4.79 Å². The van der Waals surface area contributed by atoms with Crippen molar-refractivity contribution in [2.24, 2.45) is 0 Å². The topological polar surface area (TPSA) is 74.8 Å². The summed E-state index contributed by atoms with van der Waals surface area (Å²) in [6.07, 6.45) is 3.02. The Morgan fingerprint density at radius 1 is 1.13 bits per heavy atom. The van der Waals surface area contributed by atoms with Crippen molar-refractivity contribution in [1.29, 1.82) is 0 Å². The first-order chi connectivity index (χ1) is 15.0. The van der Waals surface area contributed by atoms with Gasteiger partial charge in [-0.25, -0.2) is 19.1 Å². The summed E-state index contributed by atoms with van der Waals surface area (Å²) in [7, 11) is 0. The molecule has 4 aromatic rings. The summed E-state index contributed by atoms with van der Waals surface area (Å²) in [4.78, 5) is 16.8. The van der Waals surface area contributed by atoms with Gasteiger partial charge in [-0.1, -0.05) is 53.0 Å². The molecule has 9 heteroatoms. The molecule has 2 aromatic carbocycles. The highest BCUT2D eigenvalue weighted by molar-refractivity contribution is 6.35. The molecule has 0 aliphatic carbocycles. The van der Waals surface area contributed by atoms with Gasteiger partial charge in [-0.3, -0.25) is 0 Å². The predicted molar refractivity (Wildman–Crippen MR) is 119 cm³/mol. The molecule has 0 aliphatic rings. The van der Waals surface area contributed by atoms with Crippen molar-refractivity contribution in [2.45, 2.75) is 20.4 Å². The molecule has 0 atom stereocenters. The lowest BCUT2D eigenvalue weighted by Gasteiger charge is -2.12. The molecule has 31 heavy (non-hydrogen) atoms. The molecule has 0 bridgehead atoms. The molecule has 4 rings (SSSR count). The lowest BCUT2D eigenvalue weighted by Crippen LogP contribution is -2.11. The van der Waals surface area contributed by atoms with E-state index in [1.807, 2.05) is 31.2 Å². The Bertz CT molecular complexity index is 1220. The van der Waals surface area contributed by atoms with Crippen LogP contribution in [-0.4, -0.2) is 37.1 Å². The van der Waals surface area contributed by atoms with E-state index in [2.05, 4.69) is 15.2 Å². The minimum atomic E-state index is -0.519. The number of aryl methyl sites for hydroxylation is 1. The fourth-order valence-corrected chi connectivity index (χ4v) is 3.76. The molecule has 2 aromatic heterocycles. The van der Waals surface area contributed by atoms with Gasteiger partial charge in [0.1, 0.15) is 12.7 Å². The van der Waals surface area contributed by atoms with Crippen LogP contribution in [0.2, 0.25) is 10.0 Å². The summed E-state index contributed by atoms with van der Waals surface area (Å²) in [5.74, 6) is -0.519. The monoisotopic (exact) mass is 455 g/mol. The summed E-state index contributed by atoms with van der Waals surface area (Å²) < 4.78 is 8.57. The second kappa shape index (κ2) is 8.91. The predicted octanol–water partition coefficient (Wildman–Crippen LogP) is 4.97. The first-order valence-corrected chi connectivity index (χ1v) is 10.4. The van der Waals surface area contributed by atoms with Gasteiger partial charge in [0.15, 0.2) is 5.69 Å². The fraction of sp³-hybridized carbons (Fsp3) is 0.182.